The van der Waals surface area contributed by atoms with E-state index in [0.717, 1.165) is 12.1 Å². The van der Waals surface area contributed by atoms with Crippen molar-refractivity contribution in [3.8, 4) is 17.3 Å². The van der Waals surface area contributed by atoms with Crippen LogP contribution in [0.15, 0.2) is 48.9 Å². The molecule has 3 aromatic rings. The van der Waals surface area contributed by atoms with Gasteiger partial charge in [0.2, 0.25) is 5.88 Å². The van der Waals surface area contributed by atoms with Crippen LogP contribution in [0.3, 0.4) is 0 Å². The smallest absolute Gasteiger partial charge is 0.433 e. The Morgan fingerprint density at radius 1 is 1.23 bits per heavy atom. The standard InChI is InChI=1S/C20H18F3N5O3/c1-13(2)31-17-10-14(9-16(26-17)20(21,22)23)19-25-12-28(27-19)8-6-18(29)30-11-15-5-3-4-7-24-15/h3-10,12-13H,11H2,1-2H3/b8-6+. The highest BCUT2D eigenvalue weighted by Crippen LogP contribution is 2.32. The maximum absolute atomic E-state index is 13.2. The lowest BCUT2D eigenvalue weighted by molar-refractivity contribution is -0.141. The molecule has 11 heteroatoms. The minimum atomic E-state index is -4.66. The summed E-state index contributed by atoms with van der Waals surface area (Å²) in [6, 6.07) is 7.37. The molecule has 3 heterocycles. The summed E-state index contributed by atoms with van der Waals surface area (Å²) in [6.07, 6.45) is 0.183. The summed E-state index contributed by atoms with van der Waals surface area (Å²) in [7, 11) is 0. The minimum absolute atomic E-state index is 0.00246. The van der Waals surface area contributed by atoms with Crippen LogP contribution in [0.5, 0.6) is 5.88 Å². The van der Waals surface area contributed by atoms with Crippen LogP contribution in [0.25, 0.3) is 17.6 Å². The van der Waals surface area contributed by atoms with Gasteiger partial charge in [-0.2, -0.15) is 13.2 Å². The van der Waals surface area contributed by atoms with Crippen molar-refractivity contribution in [2.75, 3.05) is 0 Å². The zero-order valence-electron chi connectivity index (χ0n) is 16.6. The van der Waals surface area contributed by atoms with Gasteiger partial charge in [0.05, 0.1) is 11.8 Å². The molecule has 0 aliphatic carbocycles. The van der Waals surface area contributed by atoms with E-state index in [9.17, 15) is 18.0 Å². The van der Waals surface area contributed by atoms with Crippen molar-refractivity contribution in [2.45, 2.75) is 32.7 Å². The van der Waals surface area contributed by atoms with E-state index >= 15 is 0 Å². The number of pyridine rings is 2. The van der Waals surface area contributed by atoms with Gasteiger partial charge in [0, 0.05) is 30.1 Å². The lowest BCUT2D eigenvalue weighted by Gasteiger charge is -2.12. The van der Waals surface area contributed by atoms with E-state index in [-0.39, 0.29) is 30.0 Å². The molecule has 0 fully saturated rings. The fourth-order valence-electron chi connectivity index (χ4n) is 2.37. The van der Waals surface area contributed by atoms with Crippen LogP contribution in [-0.4, -0.2) is 36.8 Å². The predicted octanol–water partition coefficient (Wildman–Crippen LogP) is 3.76. The summed E-state index contributed by atoms with van der Waals surface area (Å²) in [4.78, 5) is 23.3. The van der Waals surface area contributed by atoms with Gasteiger partial charge in [-0.05, 0) is 32.0 Å². The Hall–Kier alpha value is -3.76. The molecule has 0 aliphatic rings. The number of aromatic nitrogens is 5. The highest BCUT2D eigenvalue weighted by atomic mass is 19.4. The van der Waals surface area contributed by atoms with Crippen LogP contribution < -0.4 is 4.74 Å². The topological polar surface area (TPSA) is 92.0 Å². The molecule has 3 rings (SSSR count). The number of carbonyl (C=O) groups excluding carboxylic acids is 1. The number of halogens is 3. The molecule has 0 amide bonds. The molecular weight excluding hydrogens is 415 g/mol. The zero-order valence-corrected chi connectivity index (χ0v) is 16.6. The third-order valence-electron chi connectivity index (χ3n) is 3.67. The number of hydrogen-bond donors (Lipinski definition) is 0. The Morgan fingerprint density at radius 3 is 2.71 bits per heavy atom. The Balaban J connectivity index is 1.73. The van der Waals surface area contributed by atoms with Crippen LogP contribution in [0, 0.1) is 0 Å². The number of ether oxygens (including phenoxy) is 2. The molecule has 0 atom stereocenters. The van der Waals surface area contributed by atoms with Crippen LogP contribution in [0.2, 0.25) is 0 Å². The van der Waals surface area contributed by atoms with Gasteiger partial charge >= 0.3 is 12.1 Å². The number of rotatable bonds is 7. The monoisotopic (exact) mass is 433 g/mol. The average molecular weight is 433 g/mol. The second-order valence-electron chi connectivity index (χ2n) is 6.54. The van der Waals surface area contributed by atoms with E-state index in [2.05, 4.69) is 20.1 Å². The molecule has 162 valence electrons. The van der Waals surface area contributed by atoms with Crippen molar-refractivity contribution < 1.29 is 27.4 Å². The first kappa shape index (κ1) is 21.9. The molecule has 0 spiro atoms. The average Bonchev–Trinajstić information content (AvgIpc) is 3.19. The Labute approximate surface area is 175 Å². The summed E-state index contributed by atoms with van der Waals surface area (Å²) in [5, 5.41) is 4.06. The third-order valence-corrected chi connectivity index (χ3v) is 3.67. The highest BCUT2D eigenvalue weighted by Gasteiger charge is 2.34. The summed E-state index contributed by atoms with van der Waals surface area (Å²) in [5.74, 6) is -0.823. The quantitative estimate of drug-likeness (QED) is 0.414. The molecule has 3 aromatic heterocycles. The number of hydrogen-bond acceptors (Lipinski definition) is 7. The Bertz CT molecular complexity index is 1070. The van der Waals surface area contributed by atoms with Crippen molar-refractivity contribution in [1.29, 1.82) is 0 Å². The van der Waals surface area contributed by atoms with Gasteiger partial charge in [0.1, 0.15) is 18.6 Å². The summed E-state index contributed by atoms with van der Waals surface area (Å²) < 4.78 is 51.1. The molecule has 31 heavy (non-hydrogen) atoms. The summed E-state index contributed by atoms with van der Waals surface area (Å²) in [6.45, 7) is 3.35. The highest BCUT2D eigenvalue weighted by molar-refractivity contribution is 5.84. The summed E-state index contributed by atoms with van der Waals surface area (Å²) >= 11 is 0. The van der Waals surface area contributed by atoms with Crippen LogP contribution in [0.1, 0.15) is 25.2 Å². The second-order valence-corrected chi connectivity index (χ2v) is 6.54. The number of carbonyl (C=O) groups is 1. The zero-order chi connectivity index (χ0) is 22.4. The minimum Gasteiger partial charge on any atom is -0.475 e. The lowest BCUT2D eigenvalue weighted by Crippen LogP contribution is -2.12. The number of esters is 1. The maximum atomic E-state index is 13.2. The van der Waals surface area contributed by atoms with E-state index in [0.29, 0.717) is 5.69 Å². The van der Waals surface area contributed by atoms with Gasteiger partial charge in [-0.1, -0.05) is 6.07 Å². The van der Waals surface area contributed by atoms with Crippen molar-refractivity contribution in [3.05, 3.63) is 60.3 Å². The van der Waals surface area contributed by atoms with E-state index in [1.807, 2.05) is 0 Å². The van der Waals surface area contributed by atoms with E-state index in [1.165, 1.54) is 23.3 Å². The molecule has 0 aromatic carbocycles. The number of alkyl halides is 3. The molecule has 0 aliphatic heterocycles. The van der Waals surface area contributed by atoms with Gasteiger partial charge in [-0.3, -0.25) is 4.98 Å². The fourth-order valence-corrected chi connectivity index (χ4v) is 2.37. The van der Waals surface area contributed by atoms with Crippen molar-refractivity contribution in [3.63, 3.8) is 0 Å². The van der Waals surface area contributed by atoms with Crippen molar-refractivity contribution >= 4 is 12.2 Å². The summed E-state index contributed by atoms with van der Waals surface area (Å²) in [5.41, 5.74) is -0.460. The Morgan fingerprint density at radius 2 is 2.03 bits per heavy atom. The third kappa shape index (κ3) is 6.36. The van der Waals surface area contributed by atoms with Gasteiger partial charge in [0.15, 0.2) is 5.82 Å². The largest absolute Gasteiger partial charge is 0.475 e. The lowest BCUT2D eigenvalue weighted by atomic mass is 10.2. The first-order chi connectivity index (χ1) is 14.7. The SMILES string of the molecule is CC(C)Oc1cc(-c2ncn(/C=C/C(=O)OCc3ccccn3)n2)cc(C(F)(F)F)n1. The molecule has 0 N–H and O–H groups in total. The second kappa shape index (κ2) is 9.37. The van der Waals surface area contributed by atoms with Crippen LogP contribution in [0.4, 0.5) is 13.2 Å². The molecule has 8 nitrogen and oxygen atoms in total. The molecular formula is C20H18F3N5O3. The fraction of sp³-hybridized carbons (Fsp3) is 0.250. The van der Waals surface area contributed by atoms with E-state index < -0.39 is 17.8 Å². The van der Waals surface area contributed by atoms with Crippen LogP contribution >= 0.6 is 0 Å². The molecule has 0 radical (unpaired) electrons. The van der Waals surface area contributed by atoms with Gasteiger partial charge in [-0.15, -0.1) is 5.10 Å². The predicted molar refractivity (Wildman–Crippen MR) is 103 cm³/mol. The van der Waals surface area contributed by atoms with Crippen molar-refractivity contribution in [2.24, 2.45) is 0 Å². The first-order valence-electron chi connectivity index (χ1n) is 9.13. The number of nitrogens with zero attached hydrogens (tertiary/aromatic N) is 5. The normalized spacial score (nSPS) is 11.8. The van der Waals surface area contributed by atoms with Gasteiger partial charge < -0.3 is 9.47 Å². The van der Waals surface area contributed by atoms with Gasteiger partial charge in [0.25, 0.3) is 0 Å². The molecule has 0 saturated carbocycles. The molecule has 0 saturated heterocycles. The van der Waals surface area contributed by atoms with E-state index in [4.69, 9.17) is 9.47 Å². The van der Waals surface area contributed by atoms with Crippen molar-refractivity contribution in [1.82, 2.24) is 24.7 Å². The van der Waals surface area contributed by atoms with E-state index in [1.54, 1.807) is 38.2 Å². The van der Waals surface area contributed by atoms with Crippen LogP contribution in [-0.2, 0) is 22.3 Å². The molecule has 0 unspecified atom stereocenters. The Kier molecular flexibility index (Phi) is 6.63. The maximum Gasteiger partial charge on any atom is 0.433 e. The molecule has 0 bridgehead atoms. The van der Waals surface area contributed by atoms with Gasteiger partial charge in [-0.25, -0.2) is 19.4 Å². The first-order valence-corrected chi connectivity index (χ1v) is 9.13.